The molecule has 2 aromatic carbocycles. The van der Waals surface area contributed by atoms with Crippen LogP contribution in [0.4, 0.5) is 0 Å². The van der Waals surface area contributed by atoms with Gasteiger partial charge in [0.25, 0.3) is 5.91 Å². The van der Waals surface area contributed by atoms with E-state index >= 15 is 0 Å². The van der Waals surface area contributed by atoms with E-state index in [0.29, 0.717) is 27.2 Å². The Labute approximate surface area is 462 Å². The minimum absolute atomic E-state index is 0.0697. The average molecular weight is 1120 g/mol. The van der Waals surface area contributed by atoms with Gasteiger partial charge >= 0.3 is 11.9 Å². The van der Waals surface area contributed by atoms with Gasteiger partial charge in [-0.3, -0.25) is 48.3 Å². The summed E-state index contributed by atoms with van der Waals surface area (Å²) in [5.41, 5.74) is 1.62. The van der Waals surface area contributed by atoms with E-state index in [1.807, 2.05) is 6.26 Å². The van der Waals surface area contributed by atoms with E-state index in [9.17, 15) is 47.9 Å². The van der Waals surface area contributed by atoms with Crippen LogP contribution in [0.25, 0.3) is 22.1 Å². The standard InChI is InChI=1S/C54H70N10O12S2/c1-29(2)45-54(74)76-26-41(60-48(68)40-24-56-36-18-14-16-20-38(36)59-40)43(65)21-31(5)49(69)62(9)42(27-78-28-77-12)52(72)64(11)46(30(3)4)53(73)75-25-34(22-44(66)39-23-55-35-17-13-15-19-37(35)58-39)47(67)57-32(6)50(70)61(8)33(7)51(71)63(45)10/h13-20,23-24,29-34,41-42,45-46H,21-22,25-28H2,1-12H3,(H,57,67)(H,60,68)/t31-,32+,33+,34-,41-,42+,45+,46+/m1/s1. The third-order valence-electron chi connectivity index (χ3n) is 13.5. The van der Waals surface area contributed by atoms with E-state index in [-0.39, 0.29) is 17.1 Å². The number of Topliss-reactive ketones (excluding diaryl/α,β-unsaturated/α-hetero) is 2. The van der Waals surface area contributed by atoms with Crippen LogP contribution in [0.5, 0.6) is 0 Å². The molecule has 24 heteroatoms. The zero-order valence-electron chi connectivity index (χ0n) is 46.1. The third kappa shape index (κ3) is 15.3. The Balaban J connectivity index is 1.53. The fourth-order valence-electron chi connectivity index (χ4n) is 8.92. The van der Waals surface area contributed by atoms with E-state index in [1.54, 1.807) is 76.2 Å². The Kier molecular flexibility index (Phi) is 22.2. The SMILES string of the molecule is CSCSC[C@H]1C(=O)N(C)[C@@H](C(C)C)C(=O)OC[C@@H](CC(=O)c2cnc3ccccc3n2)C(=O)N[C@@H](C)C(=O)N(C)[C@@H](C)C(=O)N(C)[C@@H](C(C)C)C(=O)OC[C@@H](NC(=O)c2cnc3ccccc3n2)C(=O)C[C@@H](C)C(=O)N1C. The van der Waals surface area contributed by atoms with Crippen molar-refractivity contribution < 1.29 is 57.4 Å². The number of ether oxygens (including phenoxy) is 2. The van der Waals surface area contributed by atoms with Crippen LogP contribution in [0, 0.1) is 23.7 Å². The molecule has 78 heavy (non-hydrogen) atoms. The van der Waals surface area contributed by atoms with Gasteiger partial charge < -0.3 is 39.7 Å². The number of cyclic esters (lactones) is 2. The number of esters is 2. The van der Waals surface area contributed by atoms with E-state index in [1.165, 1.54) is 94.7 Å². The van der Waals surface area contributed by atoms with Crippen LogP contribution in [0.15, 0.2) is 60.9 Å². The molecule has 2 aromatic heterocycles. The molecule has 4 aromatic rings. The minimum atomic E-state index is -1.55. The number of aromatic nitrogens is 4. The average Bonchev–Trinajstić information content (AvgIpc) is 3.42. The Bertz CT molecular complexity index is 2890. The summed E-state index contributed by atoms with van der Waals surface area (Å²) in [4.78, 5) is 164. The number of amides is 6. The van der Waals surface area contributed by atoms with Crippen molar-refractivity contribution in [2.75, 3.05) is 58.5 Å². The second kappa shape index (κ2) is 28.0. The van der Waals surface area contributed by atoms with E-state index in [2.05, 4.69) is 30.6 Å². The maximum absolute atomic E-state index is 14.7. The summed E-state index contributed by atoms with van der Waals surface area (Å²) < 4.78 is 11.6. The topological polar surface area (TPSA) is 278 Å². The van der Waals surface area contributed by atoms with Crippen molar-refractivity contribution in [3.8, 4) is 0 Å². The van der Waals surface area contributed by atoms with Crippen LogP contribution in [-0.2, 0) is 47.8 Å². The van der Waals surface area contributed by atoms with E-state index in [4.69, 9.17) is 9.47 Å². The lowest BCUT2D eigenvalue weighted by Gasteiger charge is -2.36. The van der Waals surface area contributed by atoms with Crippen molar-refractivity contribution >= 4 is 105 Å². The molecule has 0 saturated carbocycles. The van der Waals surface area contributed by atoms with Crippen molar-refractivity contribution in [3.05, 3.63) is 72.3 Å². The van der Waals surface area contributed by atoms with Crippen molar-refractivity contribution in [2.24, 2.45) is 23.7 Å². The molecule has 0 radical (unpaired) electrons. The number of para-hydroxylation sites is 4. The number of benzene rings is 2. The van der Waals surface area contributed by atoms with Crippen LogP contribution in [-0.4, -0.2) is 193 Å². The summed E-state index contributed by atoms with van der Waals surface area (Å²) in [5, 5.41) is 5.74. The van der Waals surface area contributed by atoms with Gasteiger partial charge in [0, 0.05) is 57.8 Å². The summed E-state index contributed by atoms with van der Waals surface area (Å²) in [6.07, 6.45) is 3.30. The first-order chi connectivity index (χ1) is 36.9. The number of hydrogen-bond donors (Lipinski definition) is 2. The Morgan fingerprint density at radius 2 is 1.19 bits per heavy atom. The van der Waals surface area contributed by atoms with Gasteiger partial charge in [0.05, 0.1) is 40.4 Å². The highest BCUT2D eigenvalue weighted by molar-refractivity contribution is 8.15. The third-order valence-corrected chi connectivity index (χ3v) is 15.7. The molecule has 1 saturated heterocycles. The summed E-state index contributed by atoms with van der Waals surface area (Å²) in [7, 11) is 5.47. The minimum Gasteiger partial charge on any atom is -0.463 e. The lowest BCUT2D eigenvalue weighted by molar-refractivity contribution is -0.160. The van der Waals surface area contributed by atoms with Gasteiger partial charge in [-0.2, -0.15) is 11.8 Å². The van der Waals surface area contributed by atoms with Gasteiger partial charge in [-0.15, -0.1) is 11.8 Å². The molecule has 8 atom stereocenters. The number of nitrogens with zero attached hydrogens (tertiary/aromatic N) is 8. The number of hydrogen-bond acceptors (Lipinski definition) is 18. The molecule has 420 valence electrons. The van der Waals surface area contributed by atoms with E-state index in [0.717, 1.165) is 9.80 Å². The van der Waals surface area contributed by atoms with Crippen molar-refractivity contribution in [1.82, 2.24) is 50.2 Å². The van der Waals surface area contributed by atoms with Crippen LogP contribution in [0.2, 0.25) is 0 Å². The molecule has 5 rings (SSSR count). The van der Waals surface area contributed by atoms with Gasteiger partial charge in [-0.25, -0.2) is 19.6 Å². The van der Waals surface area contributed by atoms with Gasteiger partial charge in [0.2, 0.25) is 29.5 Å². The van der Waals surface area contributed by atoms with Crippen LogP contribution in [0.3, 0.4) is 0 Å². The fourth-order valence-corrected chi connectivity index (χ4v) is 10.6. The smallest absolute Gasteiger partial charge is 0.329 e. The molecule has 2 N–H and O–H groups in total. The lowest BCUT2D eigenvalue weighted by Crippen LogP contribution is -2.57. The predicted octanol–water partition coefficient (Wildman–Crippen LogP) is 3.45. The zero-order chi connectivity index (χ0) is 57.7. The Hall–Kier alpha value is -7.08. The Morgan fingerprint density at radius 1 is 0.679 bits per heavy atom. The zero-order valence-corrected chi connectivity index (χ0v) is 47.7. The van der Waals surface area contributed by atoms with Gasteiger partial charge in [-0.05, 0) is 56.2 Å². The van der Waals surface area contributed by atoms with Crippen LogP contribution in [0.1, 0.15) is 82.3 Å². The molecule has 6 amide bonds. The molecular weight excluding hydrogens is 1040 g/mol. The highest BCUT2D eigenvalue weighted by Gasteiger charge is 2.41. The quantitative estimate of drug-likeness (QED) is 0.0942. The fraction of sp³-hybridized carbons (Fsp3) is 0.519. The summed E-state index contributed by atoms with van der Waals surface area (Å²) in [5.74, 6) is -11.3. The summed E-state index contributed by atoms with van der Waals surface area (Å²) >= 11 is 2.85. The molecule has 22 nitrogen and oxygen atoms in total. The monoisotopic (exact) mass is 1110 g/mol. The molecule has 1 aliphatic heterocycles. The lowest BCUT2D eigenvalue weighted by atomic mass is 9.97. The first-order valence-corrected chi connectivity index (χ1v) is 28.0. The van der Waals surface area contributed by atoms with Gasteiger partial charge in [-0.1, -0.05) is 58.9 Å². The van der Waals surface area contributed by atoms with Crippen molar-refractivity contribution in [3.63, 3.8) is 0 Å². The molecule has 0 bridgehead atoms. The summed E-state index contributed by atoms with van der Waals surface area (Å²) in [6.45, 7) is 9.52. The van der Waals surface area contributed by atoms with Crippen LogP contribution >= 0.6 is 23.5 Å². The first kappa shape index (κ1) is 61.8. The number of likely N-dealkylation sites (N-methyl/N-ethyl adjacent to an activating group) is 4. The van der Waals surface area contributed by atoms with Crippen LogP contribution < -0.4 is 10.6 Å². The molecular formula is C54H70N10O12S2. The molecule has 0 aliphatic carbocycles. The predicted molar refractivity (Wildman–Crippen MR) is 294 cm³/mol. The number of fused-ring (bicyclic) bond motifs is 2. The van der Waals surface area contributed by atoms with Gasteiger partial charge in [0.1, 0.15) is 60.9 Å². The first-order valence-electron chi connectivity index (χ1n) is 25.5. The number of carbonyl (C=O) groups is 10. The molecule has 0 spiro atoms. The highest BCUT2D eigenvalue weighted by Crippen LogP contribution is 2.23. The molecule has 0 unspecified atom stereocenters. The Morgan fingerprint density at radius 3 is 1.74 bits per heavy atom. The number of nitrogens with one attached hydrogen (secondary N) is 2. The molecule has 1 fully saturated rings. The number of rotatable bonds is 11. The summed E-state index contributed by atoms with van der Waals surface area (Å²) in [6, 6.07) is 5.83. The van der Waals surface area contributed by atoms with Crippen molar-refractivity contribution in [1.29, 1.82) is 0 Å². The van der Waals surface area contributed by atoms with Crippen molar-refractivity contribution in [2.45, 2.75) is 97.6 Å². The maximum atomic E-state index is 14.7. The second-order valence-corrected chi connectivity index (χ2v) is 22.3. The second-order valence-electron chi connectivity index (χ2n) is 20.0. The number of carbonyl (C=O) groups excluding carboxylic acids is 10. The normalized spacial score (nSPS) is 23.7. The molecule has 3 heterocycles. The number of thioether (sulfide) groups is 2. The largest absolute Gasteiger partial charge is 0.463 e. The number of ketones is 2. The van der Waals surface area contributed by atoms with Gasteiger partial charge in [0.15, 0.2) is 11.6 Å². The highest BCUT2D eigenvalue weighted by atomic mass is 32.2. The maximum Gasteiger partial charge on any atom is 0.329 e. The molecule has 1 aliphatic rings. The van der Waals surface area contributed by atoms with E-state index < -0.39 is 145 Å².